The maximum atomic E-state index is 12.1. The van der Waals surface area contributed by atoms with E-state index in [-0.39, 0.29) is 24.6 Å². The van der Waals surface area contributed by atoms with Gasteiger partial charge >= 0.3 is 6.03 Å². The van der Waals surface area contributed by atoms with E-state index < -0.39 is 0 Å². The molecule has 0 fully saturated rings. The highest BCUT2D eigenvalue weighted by molar-refractivity contribution is 7.11. The van der Waals surface area contributed by atoms with Crippen LogP contribution in [0.4, 0.5) is 4.79 Å². The third-order valence-corrected chi connectivity index (χ3v) is 4.71. The summed E-state index contributed by atoms with van der Waals surface area (Å²) in [6.07, 6.45) is 2.42. The average molecular weight is 333 g/mol. The first-order valence-corrected chi connectivity index (χ1v) is 8.54. The topological polar surface area (TPSA) is 74.2 Å². The highest BCUT2D eigenvalue weighted by Crippen LogP contribution is 2.20. The summed E-state index contributed by atoms with van der Waals surface area (Å²) < 4.78 is 0. The number of aliphatic hydroxyl groups excluding tert-OH is 1. The van der Waals surface area contributed by atoms with Gasteiger partial charge in [0.15, 0.2) is 0 Å². The van der Waals surface area contributed by atoms with Crippen LogP contribution in [0.3, 0.4) is 0 Å². The SMILES string of the molecule is Cc1cnc(C(C)NC(=O)NCC(CCO)c2ccccc2)s1. The summed E-state index contributed by atoms with van der Waals surface area (Å²) in [4.78, 5) is 17.5. The molecule has 3 N–H and O–H groups in total. The standard InChI is InChI=1S/C17H23N3O2S/c1-12-10-18-16(23-12)13(2)20-17(22)19-11-15(8-9-21)14-6-4-3-5-7-14/h3-7,10,13,15,21H,8-9,11H2,1-2H3,(H2,19,20,22). The minimum atomic E-state index is -0.218. The van der Waals surface area contributed by atoms with Crippen molar-refractivity contribution >= 4 is 17.4 Å². The Morgan fingerprint density at radius 3 is 2.70 bits per heavy atom. The number of benzene rings is 1. The summed E-state index contributed by atoms with van der Waals surface area (Å²) in [5.74, 6) is 0.101. The third kappa shape index (κ3) is 5.33. The summed E-state index contributed by atoms with van der Waals surface area (Å²) in [5.41, 5.74) is 1.12. The second-order valence-electron chi connectivity index (χ2n) is 5.51. The van der Waals surface area contributed by atoms with Gasteiger partial charge in [-0.05, 0) is 25.8 Å². The Kier molecular flexibility index (Phi) is 6.55. The zero-order valence-electron chi connectivity index (χ0n) is 13.5. The second-order valence-corrected chi connectivity index (χ2v) is 6.77. The van der Waals surface area contributed by atoms with Crippen LogP contribution in [-0.4, -0.2) is 29.3 Å². The molecule has 6 heteroatoms. The maximum Gasteiger partial charge on any atom is 0.315 e. The van der Waals surface area contributed by atoms with Crippen molar-refractivity contribution in [2.24, 2.45) is 0 Å². The largest absolute Gasteiger partial charge is 0.396 e. The summed E-state index contributed by atoms with van der Waals surface area (Å²) in [6, 6.07) is 9.57. The number of aliphatic hydroxyl groups is 1. The fourth-order valence-electron chi connectivity index (χ4n) is 2.37. The Balaban J connectivity index is 1.86. The molecule has 2 aromatic rings. The van der Waals surface area contributed by atoms with Crippen LogP contribution in [0.15, 0.2) is 36.5 Å². The average Bonchev–Trinajstić information content (AvgIpc) is 2.99. The number of thiazole rings is 1. The van der Waals surface area contributed by atoms with Crippen LogP contribution in [0.25, 0.3) is 0 Å². The molecule has 2 rings (SSSR count). The van der Waals surface area contributed by atoms with E-state index in [2.05, 4.69) is 15.6 Å². The molecule has 1 aromatic carbocycles. The smallest absolute Gasteiger partial charge is 0.315 e. The molecule has 0 aliphatic rings. The second kappa shape index (κ2) is 8.64. The highest BCUT2D eigenvalue weighted by atomic mass is 32.1. The van der Waals surface area contributed by atoms with Gasteiger partial charge in [-0.3, -0.25) is 0 Å². The van der Waals surface area contributed by atoms with Gasteiger partial charge in [0.05, 0.1) is 6.04 Å². The van der Waals surface area contributed by atoms with Crippen LogP contribution in [0.2, 0.25) is 0 Å². The molecule has 0 radical (unpaired) electrons. The minimum Gasteiger partial charge on any atom is -0.396 e. The molecular formula is C17H23N3O2S. The fraction of sp³-hybridized carbons (Fsp3) is 0.412. The molecule has 0 saturated carbocycles. The molecule has 1 heterocycles. The molecule has 0 aliphatic heterocycles. The van der Waals surface area contributed by atoms with Gasteiger partial charge in [0.2, 0.25) is 0 Å². The van der Waals surface area contributed by atoms with Crippen LogP contribution in [0.1, 0.15) is 40.8 Å². The van der Waals surface area contributed by atoms with Crippen molar-refractivity contribution in [2.45, 2.75) is 32.2 Å². The van der Waals surface area contributed by atoms with Crippen molar-refractivity contribution in [3.63, 3.8) is 0 Å². The lowest BCUT2D eigenvalue weighted by molar-refractivity contribution is 0.234. The first-order chi connectivity index (χ1) is 11.1. The maximum absolute atomic E-state index is 12.1. The van der Waals surface area contributed by atoms with Gasteiger partial charge < -0.3 is 15.7 Å². The Bertz CT molecular complexity index is 615. The number of hydrogen-bond donors (Lipinski definition) is 3. The molecular weight excluding hydrogens is 310 g/mol. The van der Waals surface area contributed by atoms with Crippen LogP contribution in [-0.2, 0) is 0 Å². The number of carbonyl (C=O) groups excluding carboxylic acids is 1. The third-order valence-electron chi connectivity index (χ3n) is 3.61. The van der Waals surface area contributed by atoms with E-state index in [1.54, 1.807) is 11.3 Å². The molecule has 5 nitrogen and oxygen atoms in total. The van der Waals surface area contributed by atoms with Crippen molar-refractivity contribution in [2.75, 3.05) is 13.2 Å². The molecule has 23 heavy (non-hydrogen) atoms. The van der Waals surface area contributed by atoms with Gasteiger partial charge in [-0.1, -0.05) is 30.3 Å². The molecule has 2 amide bonds. The number of carbonyl (C=O) groups is 1. The first-order valence-electron chi connectivity index (χ1n) is 7.72. The van der Waals surface area contributed by atoms with Gasteiger partial charge in [0.25, 0.3) is 0 Å². The lowest BCUT2D eigenvalue weighted by atomic mass is 9.96. The van der Waals surface area contributed by atoms with E-state index in [4.69, 9.17) is 0 Å². The van der Waals surface area contributed by atoms with Gasteiger partial charge in [-0.15, -0.1) is 11.3 Å². The summed E-state index contributed by atoms with van der Waals surface area (Å²) in [5, 5.41) is 15.9. The van der Waals surface area contributed by atoms with Crippen LogP contribution in [0, 0.1) is 6.92 Å². The molecule has 0 spiro atoms. The van der Waals surface area contributed by atoms with Gasteiger partial charge in [-0.2, -0.15) is 0 Å². The predicted molar refractivity (Wildman–Crippen MR) is 92.7 cm³/mol. The van der Waals surface area contributed by atoms with Crippen LogP contribution in [0.5, 0.6) is 0 Å². The Labute approximate surface area is 140 Å². The Hall–Kier alpha value is -1.92. The minimum absolute atomic E-state index is 0.0949. The quantitative estimate of drug-likeness (QED) is 0.729. The molecule has 1 aromatic heterocycles. The van der Waals surface area contributed by atoms with E-state index in [0.29, 0.717) is 13.0 Å². The van der Waals surface area contributed by atoms with E-state index in [0.717, 1.165) is 15.4 Å². The van der Waals surface area contributed by atoms with Gasteiger partial charge in [-0.25, -0.2) is 9.78 Å². The zero-order chi connectivity index (χ0) is 16.7. The summed E-state index contributed by atoms with van der Waals surface area (Å²) >= 11 is 1.58. The zero-order valence-corrected chi connectivity index (χ0v) is 14.3. The number of aromatic nitrogens is 1. The summed E-state index contributed by atoms with van der Waals surface area (Å²) in [6.45, 7) is 4.49. The van der Waals surface area contributed by atoms with Crippen LogP contribution >= 0.6 is 11.3 Å². The lowest BCUT2D eigenvalue weighted by Gasteiger charge is -2.18. The number of nitrogens with zero attached hydrogens (tertiary/aromatic N) is 1. The molecule has 0 bridgehead atoms. The number of rotatable bonds is 7. The van der Waals surface area contributed by atoms with Gasteiger partial charge in [0.1, 0.15) is 5.01 Å². The van der Waals surface area contributed by atoms with Crippen molar-refractivity contribution < 1.29 is 9.90 Å². The monoisotopic (exact) mass is 333 g/mol. The lowest BCUT2D eigenvalue weighted by Crippen LogP contribution is -2.39. The number of hydrogen-bond acceptors (Lipinski definition) is 4. The number of amides is 2. The van der Waals surface area contributed by atoms with Crippen molar-refractivity contribution in [1.82, 2.24) is 15.6 Å². The highest BCUT2D eigenvalue weighted by Gasteiger charge is 2.15. The van der Waals surface area contributed by atoms with Crippen molar-refractivity contribution in [1.29, 1.82) is 0 Å². The number of aryl methyl sites for hydroxylation is 1. The van der Waals surface area contributed by atoms with E-state index in [1.165, 1.54) is 0 Å². The normalized spacial score (nSPS) is 13.3. The van der Waals surface area contributed by atoms with Gasteiger partial charge in [0, 0.05) is 30.1 Å². The van der Waals surface area contributed by atoms with Crippen LogP contribution < -0.4 is 10.6 Å². The summed E-state index contributed by atoms with van der Waals surface area (Å²) in [7, 11) is 0. The molecule has 2 unspecified atom stereocenters. The van der Waals surface area contributed by atoms with E-state index >= 15 is 0 Å². The molecule has 124 valence electrons. The Morgan fingerprint density at radius 1 is 1.35 bits per heavy atom. The van der Waals surface area contributed by atoms with Crippen molar-refractivity contribution in [3.8, 4) is 0 Å². The molecule has 0 saturated heterocycles. The van der Waals surface area contributed by atoms with E-state index in [1.807, 2.05) is 50.4 Å². The number of urea groups is 1. The number of nitrogens with one attached hydrogen (secondary N) is 2. The molecule has 0 aliphatic carbocycles. The predicted octanol–water partition coefficient (Wildman–Crippen LogP) is 2.98. The van der Waals surface area contributed by atoms with E-state index in [9.17, 15) is 9.90 Å². The Morgan fingerprint density at radius 2 is 2.09 bits per heavy atom. The van der Waals surface area contributed by atoms with Crippen molar-refractivity contribution in [3.05, 3.63) is 52.0 Å². The molecule has 2 atom stereocenters. The fourth-order valence-corrected chi connectivity index (χ4v) is 3.14. The first kappa shape index (κ1) is 17.4.